The molecule has 0 bridgehead atoms. The fourth-order valence-corrected chi connectivity index (χ4v) is 1.06. The van der Waals surface area contributed by atoms with E-state index in [4.69, 9.17) is 9.84 Å². The van der Waals surface area contributed by atoms with Gasteiger partial charge in [-0.25, -0.2) is 9.18 Å². The summed E-state index contributed by atoms with van der Waals surface area (Å²) in [6, 6.07) is 3.16. The molecule has 16 heavy (non-hydrogen) atoms. The quantitative estimate of drug-likeness (QED) is 0.612. The summed E-state index contributed by atoms with van der Waals surface area (Å²) >= 11 is 0. The molecule has 0 aliphatic carbocycles. The first-order valence-corrected chi connectivity index (χ1v) is 4.26. The predicted octanol–water partition coefficient (Wildman–Crippen LogP) is 1.64. The van der Waals surface area contributed by atoms with E-state index in [0.717, 1.165) is 18.2 Å². The first-order valence-electron chi connectivity index (χ1n) is 4.26. The number of rotatable bonds is 5. The van der Waals surface area contributed by atoms with Crippen molar-refractivity contribution in [1.29, 1.82) is 0 Å². The summed E-state index contributed by atoms with van der Waals surface area (Å²) in [6.45, 7) is -1.09. The van der Waals surface area contributed by atoms with Crippen LogP contribution in [0.3, 0.4) is 0 Å². The van der Waals surface area contributed by atoms with E-state index in [-0.39, 0.29) is 17.9 Å². The van der Waals surface area contributed by atoms with Crippen LogP contribution in [-0.4, -0.2) is 29.3 Å². The Morgan fingerprint density at radius 2 is 2.25 bits per heavy atom. The molecule has 86 valence electrons. The topological polar surface area (TPSA) is 89.7 Å². The highest BCUT2D eigenvalue weighted by Crippen LogP contribution is 2.27. The molecule has 0 amide bonds. The summed E-state index contributed by atoms with van der Waals surface area (Å²) in [5.74, 6) is -1.42. The number of hydrogen-bond donors (Lipinski definition) is 1. The van der Waals surface area contributed by atoms with Crippen molar-refractivity contribution in [3.8, 4) is 5.75 Å². The fourth-order valence-electron chi connectivity index (χ4n) is 1.06. The minimum Gasteiger partial charge on any atom is -0.484 e. The van der Waals surface area contributed by atoms with Gasteiger partial charge in [-0.05, 0) is 12.1 Å². The minimum atomic E-state index is -1.28. The van der Waals surface area contributed by atoms with Gasteiger partial charge in [0.25, 0.3) is 0 Å². The van der Waals surface area contributed by atoms with Gasteiger partial charge in [0.05, 0.1) is 10.5 Å². The third-order valence-electron chi connectivity index (χ3n) is 1.74. The Morgan fingerprint density at radius 3 is 2.75 bits per heavy atom. The number of carbonyl (C=O) groups is 1. The monoisotopic (exact) mass is 229 g/mol. The van der Waals surface area contributed by atoms with Gasteiger partial charge in [0.1, 0.15) is 13.3 Å². The second-order valence-corrected chi connectivity index (χ2v) is 2.78. The van der Waals surface area contributed by atoms with Crippen molar-refractivity contribution in [2.45, 2.75) is 0 Å². The Bertz CT molecular complexity index is 420. The van der Waals surface area contributed by atoms with Crippen LogP contribution < -0.4 is 4.74 Å². The molecular weight excluding hydrogens is 221 g/mol. The maximum Gasteiger partial charge on any atom is 0.335 e. The third-order valence-corrected chi connectivity index (χ3v) is 1.74. The normalized spacial score (nSPS) is 9.81. The molecule has 0 unspecified atom stereocenters. The molecule has 0 fully saturated rings. The van der Waals surface area contributed by atoms with Crippen LogP contribution in [0, 0.1) is 10.1 Å². The van der Waals surface area contributed by atoms with Crippen LogP contribution in [0.4, 0.5) is 10.1 Å². The molecule has 1 aromatic carbocycles. The van der Waals surface area contributed by atoms with Crippen LogP contribution in [0.1, 0.15) is 10.4 Å². The number of nitrogens with zero attached hydrogens (tertiary/aromatic N) is 1. The molecule has 1 rings (SSSR count). The lowest BCUT2D eigenvalue weighted by Crippen LogP contribution is -2.04. The van der Waals surface area contributed by atoms with Crippen LogP contribution in [-0.2, 0) is 0 Å². The summed E-state index contributed by atoms with van der Waals surface area (Å²) in [5, 5.41) is 19.2. The van der Waals surface area contributed by atoms with Gasteiger partial charge in [0.2, 0.25) is 0 Å². The number of nitro benzene ring substituents is 1. The molecule has 1 N–H and O–H groups in total. The Morgan fingerprint density at radius 1 is 1.56 bits per heavy atom. The van der Waals surface area contributed by atoms with Crippen molar-refractivity contribution in [3.05, 3.63) is 33.9 Å². The number of carboxylic acids is 1. The van der Waals surface area contributed by atoms with E-state index in [0.29, 0.717) is 0 Å². The summed E-state index contributed by atoms with van der Waals surface area (Å²) in [5.41, 5.74) is -0.715. The zero-order chi connectivity index (χ0) is 12.1. The van der Waals surface area contributed by atoms with Crippen molar-refractivity contribution in [1.82, 2.24) is 0 Å². The lowest BCUT2D eigenvalue weighted by atomic mass is 10.2. The van der Waals surface area contributed by atoms with Gasteiger partial charge < -0.3 is 9.84 Å². The zero-order valence-corrected chi connectivity index (χ0v) is 8.05. The van der Waals surface area contributed by atoms with E-state index in [1.165, 1.54) is 0 Å². The Labute approximate surface area is 89.4 Å². The fraction of sp³-hybridized carbons (Fsp3) is 0.222. The number of halogens is 1. The summed E-state index contributed by atoms with van der Waals surface area (Å²) in [7, 11) is 0. The molecule has 0 aliphatic heterocycles. The lowest BCUT2D eigenvalue weighted by molar-refractivity contribution is -0.385. The molecule has 0 radical (unpaired) electrons. The van der Waals surface area contributed by atoms with Gasteiger partial charge >= 0.3 is 11.7 Å². The van der Waals surface area contributed by atoms with Crippen molar-refractivity contribution in [2.75, 3.05) is 13.3 Å². The number of alkyl halides is 1. The van der Waals surface area contributed by atoms with Crippen LogP contribution in [0.2, 0.25) is 0 Å². The van der Waals surface area contributed by atoms with E-state index >= 15 is 0 Å². The molecule has 6 nitrogen and oxygen atoms in total. The second kappa shape index (κ2) is 5.06. The molecule has 0 saturated heterocycles. The van der Waals surface area contributed by atoms with Gasteiger partial charge in [-0.15, -0.1) is 0 Å². The van der Waals surface area contributed by atoms with Gasteiger partial charge in [-0.1, -0.05) is 0 Å². The van der Waals surface area contributed by atoms with E-state index in [9.17, 15) is 19.3 Å². The minimum absolute atomic E-state index is 0.146. The number of ether oxygens (including phenoxy) is 1. The molecule has 7 heteroatoms. The smallest absolute Gasteiger partial charge is 0.335 e. The van der Waals surface area contributed by atoms with E-state index in [2.05, 4.69) is 0 Å². The number of hydrogen-bond acceptors (Lipinski definition) is 4. The summed E-state index contributed by atoms with van der Waals surface area (Å²) < 4.78 is 16.6. The average Bonchev–Trinajstić information content (AvgIpc) is 2.25. The molecule has 0 spiro atoms. The Balaban J connectivity index is 3.09. The number of carboxylic acid groups (broad SMARTS) is 1. The van der Waals surface area contributed by atoms with Crippen molar-refractivity contribution in [3.63, 3.8) is 0 Å². The van der Waals surface area contributed by atoms with E-state index in [1.807, 2.05) is 0 Å². The first-order chi connectivity index (χ1) is 7.56. The van der Waals surface area contributed by atoms with E-state index in [1.54, 1.807) is 0 Å². The predicted molar refractivity (Wildman–Crippen MR) is 51.5 cm³/mol. The van der Waals surface area contributed by atoms with Crippen molar-refractivity contribution < 1.29 is 24.0 Å². The highest BCUT2D eigenvalue weighted by Gasteiger charge is 2.18. The average molecular weight is 229 g/mol. The van der Waals surface area contributed by atoms with Crippen LogP contribution in [0.5, 0.6) is 5.75 Å². The van der Waals surface area contributed by atoms with Gasteiger partial charge in [-0.2, -0.15) is 0 Å². The third kappa shape index (κ3) is 2.66. The largest absolute Gasteiger partial charge is 0.484 e. The highest BCUT2D eigenvalue weighted by atomic mass is 19.1. The maximum atomic E-state index is 11.8. The first kappa shape index (κ1) is 11.9. The molecular formula is C9H8FNO5. The van der Waals surface area contributed by atoms with E-state index < -0.39 is 23.3 Å². The number of nitro groups is 1. The number of benzene rings is 1. The van der Waals surface area contributed by atoms with Gasteiger partial charge in [0, 0.05) is 6.07 Å². The van der Waals surface area contributed by atoms with Crippen molar-refractivity contribution in [2.24, 2.45) is 0 Å². The lowest BCUT2D eigenvalue weighted by Gasteiger charge is -2.04. The van der Waals surface area contributed by atoms with Crippen LogP contribution in [0.15, 0.2) is 18.2 Å². The maximum absolute atomic E-state index is 11.8. The summed E-state index contributed by atoms with van der Waals surface area (Å²) in [6.07, 6.45) is 0. The Hall–Kier alpha value is -2.18. The molecule has 0 saturated carbocycles. The SMILES string of the molecule is O=C(O)c1ccc(OCCF)c([N+](=O)[O-])c1. The highest BCUT2D eigenvalue weighted by molar-refractivity contribution is 5.88. The van der Waals surface area contributed by atoms with Crippen LogP contribution in [0.25, 0.3) is 0 Å². The number of aromatic carboxylic acids is 1. The molecule has 0 heterocycles. The molecule has 0 aliphatic rings. The zero-order valence-electron chi connectivity index (χ0n) is 8.05. The standard InChI is InChI=1S/C9H8FNO5/c10-3-4-16-8-2-1-6(9(12)13)5-7(8)11(14)15/h1-2,5H,3-4H2,(H,12,13). The Kier molecular flexibility index (Phi) is 3.76. The molecule has 0 aromatic heterocycles. The van der Waals surface area contributed by atoms with Gasteiger partial charge in [0.15, 0.2) is 5.75 Å². The summed E-state index contributed by atoms with van der Waals surface area (Å²) in [4.78, 5) is 20.4. The van der Waals surface area contributed by atoms with Crippen LogP contribution >= 0.6 is 0 Å². The van der Waals surface area contributed by atoms with Crippen molar-refractivity contribution >= 4 is 11.7 Å². The molecule has 0 atom stereocenters. The second-order valence-electron chi connectivity index (χ2n) is 2.78. The molecule has 1 aromatic rings. The van der Waals surface area contributed by atoms with Gasteiger partial charge in [-0.3, -0.25) is 10.1 Å².